The summed E-state index contributed by atoms with van der Waals surface area (Å²) in [6, 6.07) is 11.9. The summed E-state index contributed by atoms with van der Waals surface area (Å²) in [7, 11) is 3.60. The van der Waals surface area contributed by atoms with E-state index in [0.29, 0.717) is 31.8 Å². The van der Waals surface area contributed by atoms with Crippen molar-refractivity contribution in [3.8, 4) is 0 Å². The zero-order valence-electron chi connectivity index (χ0n) is 21.6. The van der Waals surface area contributed by atoms with Crippen LogP contribution in [0.25, 0.3) is 0 Å². The molecule has 34 heavy (non-hydrogen) atoms. The second-order valence-corrected chi connectivity index (χ2v) is 9.01. The van der Waals surface area contributed by atoms with Crippen LogP contribution >= 0.6 is 0 Å². The summed E-state index contributed by atoms with van der Waals surface area (Å²) in [5, 5.41) is 0. The Morgan fingerprint density at radius 2 is 1.65 bits per heavy atom. The van der Waals surface area contributed by atoms with Gasteiger partial charge in [0.15, 0.2) is 0 Å². The van der Waals surface area contributed by atoms with E-state index in [1.807, 2.05) is 59.1 Å². The first-order valence-electron chi connectivity index (χ1n) is 12.7. The van der Waals surface area contributed by atoms with Crippen LogP contribution in [-0.2, 0) is 29.5 Å². The third-order valence-corrected chi connectivity index (χ3v) is 6.24. The van der Waals surface area contributed by atoms with Crippen LogP contribution in [0.15, 0.2) is 42.6 Å². The summed E-state index contributed by atoms with van der Waals surface area (Å²) in [6.45, 7) is 6.38. The van der Waals surface area contributed by atoms with Crippen LogP contribution < -0.4 is 0 Å². The first-order valence-corrected chi connectivity index (χ1v) is 12.7. The highest BCUT2D eigenvalue weighted by molar-refractivity contribution is 5.96. The lowest BCUT2D eigenvalue weighted by Crippen LogP contribution is -2.44. The summed E-state index contributed by atoms with van der Waals surface area (Å²) in [6.07, 6.45) is 9.86. The highest BCUT2D eigenvalue weighted by Gasteiger charge is 2.23. The molecule has 0 unspecified atom stereocenters. The van der Waals surface area contributed by atoms with Gasteiger partial charge in [0.2, 0.25) is 5.91 Å². The number of ether oxygens (including phenoxy) is 1. The fourth-order valence-corrected chi connectivity index (χ4v) is 3.97. The van der Waals surface area contributed by atoms with Crippen molar-refractivity contribution in [3.63, 3.8) is 0 Å². The van der Waals surface area contributed by atoms with Crippen molar-refractivity contribution in [2.24, 2.45) is 7.05 Å². The minimum absolute atomic E-state index is 0.0355. The number of benzene rings is 1. The molecule has 1 aromatic heterocycles. The number of carbonyl (C=O) groups excluding carboxylic acids is 2. The monoisotopic (exact) mass is 469 g/mol. The number of aryl methyl sites for hydroxylation is 2. The van der Waals surface area contributed by atoms with Gasteiger partial charge in [-0.15, -0.1) is 0 Å². The number of rotatable bonds is 16. The van der Waals surface area contributed by atoms with E-state index < -0.39 is 0 Å². The molecule has 0 radical (unpaired) electrons. The van der Waals surface area contributed by atoms with Crippen LogP contribution in [0.1, 0.15) is 74.0 Å². The molecule has 0 fully saturated rings. The van der Waals surface area contributed by atoms with Crippen molar-refractivity contribution in [2.75, 3.05) is 33.4 Å². The average Bonchev–Trinajstić information content (AvgIpc) is 3.26. The van der Waals surface area contributed by atoms with Crippen molar-refractivity contribution >= 4 is 11.8 Å². The molecule has 0 saturated carbocycles. The average molecular weight is 470 g/mol. The molecule has 0 atom stereocenters. The molecule has 2 aromatic rings. The molecule has 6 nitrogen and oxygen atoms in total. The van der Waals surface area contributed by atoms with E-state index in [1.165, 1.54) is 31.2 Å². The van der Waals surface area contributed by atoms with Gasteiger partial charge in [-0.3, -0.25) is 9.59 Å². The molecule has 0 N–H and O–H groups in total. The van der Waals surface area contributed by atoms with Gasteiger partial charge in [0.1, 0.15) is 6.54 Å². The molecule has 2 rings (SSSR count). The lowest BCUT2D eigenvalue weighted by Gasteiger charge is -2.28. The fourth-order valence-electron chi connectivity index (χ4n) is 3.97. The third-order valence-electron chi connectivity index (χ3n) is 6.24. The molecule has 0 aliphatic rings. The summed E-state index contributed by atoms with van der Waals surface area (Å²) in [4.78, 5) is 30.1. The van der Waals surface area contributed by atoms with Crippen LogP contribution in [0.3, 0.4) is 0 Å². The minimum atomic E-state index is -0.128. The highest BCUT2D eigenvalue weighted by atomic mass is 16.5. The fraction of sp³-hybridized carbons (Fsp3) is 0.571. The Morgan fingerprint density at radius 3 is 2.26 bits per heavy atom. The van der Waals surface area contributed by atoms with Crippen molar-refractivity contribution in [1.82, 2.24) is 14.4 Å². The number of amides is 2. The van der Waals surface area contributed by atoms with E-state index in [1.54, 1.807) is 12.0 Å². The normalized spacial score (nSPS) is 10.9. The Hall–Kier alpha value is -2.60. The molecule has 1 heterocycles. The third kappa shape index (κ3) is 8.98. The summed E-state index contributed by atoms with van der Waals surface area (Å²) in [5.41, 5.74) is 2.94. The number of carbonyl (C=O) groups is 2. The first-order chi connectivity index (χ1) is 16.5. The van der Waals surface area contributed by atoms with E-state index in [9.17, 15) is 9.59 Å². The zero-order chi connectivity index (χ0) is 24.8. The van der Waals surface area contributed by atoms with E-state index in [0.717, 1.165) is 25.0 Å². The topological polar surface area (TPSA) is 54.8 Å². The maximum Gasteiger partial charge on any atom is 0.254 e. The molecule has 2 amide bonds. The van der Waals surface area contributed by atoms with Gasteiger partial charge in [-0.05, 0) is 49.1 Å². The number of aromatic nitrogens is 1. The SMILES string of the molecule is CCCCCCc1ccc(C(=O)N(CCOC)CC(=O)N(CCCC)Cc2cccn2C)cc1. The van der Waals surface area contributed by atoms with Crippen LogP contribution in [0.5, 0.6) is 0 Å². The lowest BCUT2D eigenvalue weighted by molar-refractivity contribution is -0.132. The van der Waals surface area contributed by atoms with Gasteiger partial charge >= 0.3 is 0 Å². The van der Waals surface area contributed by atoms with Crippen LogP contribution in [0, 0.1) is 0 Å². The maximum atomic E-state index is 13.3. The highest BCUT2D eigenvalue weighted by Crippen LogP contribution is 2.13. The van der Waals surface area contributed by atoms with E-state index in [4.69, 9.17) is 4.74 Å². The number of nitrogens with zero attached hydrogens (tertiary/aromatic N) is 3. The Labute approximate surface area is 205 Å². The van der Waals surface area contributed by atoms with E-state index >= 15 is 0 Å². The summed E-state index contributed by atoms with van der Waals surface area (Å²) in [5.74, 6) is -0.163. The molecular formula is C28H43N3O3. The number of hydrogen-bond donors (Lipinski definition) is 0. The molecule has 0 aliphatic heterocycles. The molecule has 1 aromatic carbocycles. The van der Waals surface area contributed by atoms with Crippen molar-refractivity contribution in [2.45, 2.75) is 65.3 Å². The molecular weight excluding hydrogens is 426 g/mol. The van der Waals surface area contributed by atoms with Gasteiger partial charge < -0.3 is 19.1 Å². The van der Waals surface area contributed by atoms with Crippen molar-refractivity contribution < 1.29 is 14.3 Å². The quantitative estimate of drug-likeness (QED) is 0.323. The van der Waals surface area contributed by atoms with Gasteiger partial charge in [-0.2, -0.15) is 0 Å². The zero-order valence-corrected chi connectivity index (χ0v) is 21.6. The van der Waals surface area contributed by atoms with Gasteiger partial charge in [0, 0.05) is 44.7 Å². The number of methoxy groups -OCH3 is 1. The minimum Gasteiger partial charge on any atom is -0.383 e. The second kappa shape index (κ2) is 15.3. The predicted molar refractivity (Wildman–Crippen MR) is 138 cm³/mol. The largest absolute Gasteiger partial charge is 0.383 e. The molecule has 0 spiro atoms. The number of unbranched alkanes of at least 4 members (excludes halogenated alkanes) is 4. The van der Waals surface area contributed by atoms with Crippen LogP contribution in [0.4, 0.5) is 0 Å². The Kier molecular flexibility index (Phi) is 12.5. The van der Waals surface area contributed by atoms with Gasteiger partial charge in [0.25, 0.3) is 5.91 Å². The van der Waals surface area contributed by atoms with E-state index in [-0.39, 0.29) is 18.4 Å². The molecule has 188 valence electrons. The van der Waals surface area contributed by atoms with Crippen LogP contribution in [0.2, 0.25) is 0 Å². The van der Waals surface area contributed by atoms with Crippen molar-refractivity contribution in [1.29, 1.82) is 0 Å². The molecule has 6 heteroatoms. The van der Waals surface area contributed by atoms with Crippen molar-refractivity contribution in [3.05, 3.63) is 59.4 Å². The van der Waals surface area contributed by atoms with Gasteiger partial charge in [-0.25, -0.2) is 0 Å². The van der Waals surface area contributed by atoms with Gasteiger partial charge in [-0.1, -0.05) is 51.7 Å². The second-order valence-electron chi connectivity index (χ2n) is 9.01. The standard InChI is InChI=1S/C28H43N3O3/c1-5-7-9-10-12-24-14-16-25(17-15-24)28(33)31(20-21-34-4)23-27(32)30(19-8-6-2)22-26-13-11-18-29(26)3/h11,13-18H,5-10,12,19-23H2,1-4H3. The van der Waals surface area contributed by atoms with Gasteiger partial charge in [0.05, 0.1) is 13.2 Å². The Bertz CT molecular complexity index is 860. The van der Waals surface area contributed by atoms with Crippen LogP contribution in [-0.4, -0.2) is 59.5 Å². The summed E-state index contributed by atoms with van der Waals surface area (Å²) >= 11 is 0. The predicted octanol–water partition coefficient (Wildman–Crippen LogP) is 5.07. The number of hydrogen-bond acceptors (Lipinski definition) is 3. The maximum absolute atomic E-state index is 13.3. The molecule has 0 bridgehead atoms. The molecule has 0 saturated heterocycles. The molecule has 0 aliphatic carbocycles. The lowest BCUT2D eigenvalue weighted by atomic mass is 10.0. The first kappa shape index (κ1) is 27.6. The Balaban J connectivity index is 2.07. The smallest absolute Gasteiger partial charge is 0.254 e. The summed E-state index contributed by atoms with van der Waals surface area (Å²) < 4.78 is 7.26. The Morgan fingerprint density at radius 1 is 0.912 bits per heavy atom. The van der Waals surface area contributed by atoms with E-state index in [2.05, 4.69) is 13.8 Å².